The largest absolute Gasteiger partial charge is 0.513 e. The first-order chi connectivity index (χ1) is 12.5. The summed E-state index contributed by atoms with van der Waals surface area (Å²) in [6.45, 7) is 2.38. The molecule has 4 nitrogen and oxygen atoms in total. The molecule has 0 atom stereocenters. The second-order valence-electron chi connectivity index (χ2n) is 6.17. The third kappa shape index (κ3) is 4.43. The Morgan fingerprint density at radius 1 is 1.27 bits per heavy atom. The van der Waals surface area contributed by atoms with E-state index in [2.05, 4.69) is 40.3 Å². The highest BCUT2D eigenvalue weighted by Crippen LogP contribution is 2.46. The average Bonchev–Trinajstić information content (AvgIpc) is 3.46. The smallest absolute Gasteiger partial charge is 0.488 e. The van der Waals surface area contributed by atoms with Crippen molar-refractivity contribution < 1.29 is 19.0 Å². The van der Waals surface area contributed by atoms with Crippen LogP contribution in [0.25, 0.3) is 0 Å². The van der Waals surface area contributed by atoms with Crippen LogP contribution in [0.1, 0.15) is 42.4 Å². The fourth-order valence-electron chi connectivity index (χ4n) is 2.78. The Balaban J connectivity index is 1.85. The van der Waals surface area contributed by atoms with Gasteiger partial charge in [0, 0.05) is 14.2 Å². The summed E-state index contributed by atoms with van der Waals surface area (Å²) >= 11 is 8.59. The second kappa shape index (κ2) is 8.48. The van der Waals surface area contributed by atoms with Crippen molar-refractivity contribution in [3.8, 4) is 11.5 Å². The van der Waals surface area contributed by atoms with Gasteiger partial charge in [0.05, 0.1) is 7.11 Å². The first kappa shape index (κ1) is 19.3. The molecule has 1 saturated carbocycles. The summed E-state index contributed by atoms with van der Waals surface area (Å²) < 4.78 is 16.9. The van der Waals surface area contributed by atoms with Crippen LogP contribution >= 0.6 is 34.2 Å². The van der Waals surface area contributed by atoms with Crippen molar-refractivity contribution in [1.82, 2.24) is 0 Å². The van der Waals surface area contributed by atoms with E-state index in [0.717, 1.165) is 31.9 Å². The molecule has 0 heterocycles. The number of rotatable bonds is 6. The lowest BCUT2D eigenvalue weighted by atomic mass is 10.0. The van der Waals surface area contributed by atoms with Crippen LogP contribution in [0.3, 0.4) is 0 Å². The molecule has 0 unspecified atom stereocenters. The fourth-order valence-corrected chi connectivity index (χ4v) is 3.70. The van der Waals surface area contributed by atoms with Gasteiger partial charge in [0.25, 0.3) is 0 Å². The van der Waals surface area contributed by atoms with E-state index >= 15 is 0 Å². The predicted molar refractivity (Wildman–Crippen MR) is 109 cm³/mol. The molecule has 26 heavy (non-hydrogen) atoms. The molecule has 138 valence electrons. The SMILES string of the molecule is CCc1cc(C2CC2)c(OCc2c(I)cccc2OC(=O)OC)cc1Cl. The van der Waals surface area contributed by atoms with Gasteiger partial charge in [-0.3, -0.25) is 0 Å². The van der Waals surface area contributed by atoms with Crippen LogP contribution in [0, 0.1) is 3.57 Å². The standard InChI is InChI=1S/C20H20ClIO4/c1-3-12-9-14(13-7-8-13)19(10-16(12)21)25-11-15-17(22)5-4-6-18(15)26-20(23)24-2/h4-6,9-10,13H,3,7-8,11H2,1-2H3. The summed E-state index contributed by atoms with van der Waals surface area (Å²) in [6, 6.07) is 9.57. The molecule has 3 rings (SSSR count). The molecule has 1 aliphatic carbocycles. The second-order valence-corrected chi connectivity index (χ2v) is 7.74. The third-order valence-electron chi connectivity index (χ3n) is 4.38. The van der Waals surface area contributed by atoms with Crippen molar-refractivity contribution in [2.24, 2.45) is 0 Å². The van der Waals surface area contributed by atoms with E-state index in [1.54, 1.807) is 6.07 Å². The summed E-state index contributed by atoms with van der Waals surface area (Å²) in [7, 11) is 1.28. The van der Waals surface area contributed by atoms with Crippen molar-refractivity contribution in [2.75, 3.05) is 7.11 Å². The van der Waals surface area contributed by atoms with Gasteiger partial charge in [-0.05, 0) is 77.1 Å². The maximum absolute atomic E-state index is 11.5. The van der Waals surface area contributed by atoms with Crippen LogP contribution in [0.5, 0.6) is 11.5 Å². The zero-order valence-corrected chi connectivity index (χ0v) is 17.6. The average molecular weight is 487 g/mol. The Kier molecular flexibility index (Phi) is 6.29. The lowest BCUT2D eigenvalue weighted by Crippen LogP contribution is -2.11. The minimum Gasteiger partial charge on any atom is -0.488 e. The zero-order valence-electron chi connectivity index (χ0n) is 14.7. The number of carbonyl (C=O) groups is 1. The number of halogens is 2. The van der Waals surface area contributed by atoms with Crippen molar-refractivity contribution in [1.29, 1.82) is 0 Å². The lowest BCUT2D eigenvalue weighted by molar-refractivity contribution is 0.120. The van der Waals surface area contributed by atoms with Gasteiger partial charge in [0.2, 0.25) is 0 Å². The number of hydrogen-bond acceptors (Lipinski definition) is 4. The molecule has 0 saturated heterocycles. The Morgan fingerprint density at radius 3 is 2.69 bits per heavy atom. The zero-order chi connectivity index (χ0) is 18.7. The Bertz CT molecular complexity index is 818. The van der Waals surface area contributed by atoms with Crippen LogP contribution in [0.15, 0.2) is 30.3 Å². The summed E-state index contributed by atoms with van der Waals surface area (Å²) in [6.07, 6.45) is 2.51. The lowest BCUT2D eigenvalue weighted by Gasteiger charge is -2.16. The van der Waals surface area contributed by atoms with Crippen molar-refractivity contribution in [2.45, 2.75) is 38.7 Å². The first-order valence-electron chi connectivity index (χ1n) is 8.51. The normalized spacial score (nSPS) is 13.4. The first-order valence-corrected chi connectivity index (χ1v) is 9.97. The highest BCUT2D eigenvalue weighted by Gasteiger charge is 2.28. The van der Waals surface area contributed by atoms with Crippen molar-refractivity contribution in [3.63, 3.8) is 0 Å². The molecular formula is C20H20ClIO4. The molecule has 0 aromatic heterocycles. The van der Waals surface area contributed by atoms with Crippen LogP contribution in [0.2, 0.25) is 5.02 Å². The molecule has 0 amide bonds. The van der Waals surface area contributed by atoms with E-state index in [1.165, 1.54) is 25.5 Å². The van der Waals surface area contributed by atoms with Crippen molar-refractivity contribution in [3.05, 3.63) is 55.6 Å². The van der Waals surface area contributed by atoms with E-state index in [4.69, 9.17) is 21.1 Å². The molecule has 0 N–H and O–H groups in total. The molecule has 1 fully saturated rings. The van der Waals surface area contributed by atoms with Gasteiger partial charge in [-0.15, -0.1) is 0 Å². The fraction of sp³-hybridized carbons (Fsp3) is 0.350. The molecule has 2 aromatic carbocycles. The van der Waals surface area contributed by atoms with E-state index in [-0.39, 0.29) is 6.61 Å². The van der Waals surface area contributed by atoms with Gasteiger partial charge in [0.15, 0.2) is 0 Å². The maximum atomic E-state index is 11.5. The molecule has 0 aliphatic heterocycles. The van der Waals surface area contributed by atoms with Crippen molar-refractivity contribution >= 4 is 40.3 Å². The maximum Gasteiger partial charge on any atom is 0.513 e. The van der Waals surface area contributed by atoms with Crippen LogP contribution < -0.4 is 9.47 Å². The predicted octanol–water partition coefficient (Wildman–Crippen LogP) is 6.11. The molecule has 0 bridgehead atoms. The number of aryl methyl sites for hydroxylation is 1. The van der Waals surface area contributed by atoms with E-state index in [1.807, 2.05) is 18.2 Å². The third-order valence-corrected chi connectivity index (χ3v) is 5.75. The molecule has 1 aliphatic rings. The van der Waals surface area contributed by atoms with E-state index < -0.39 is 6.16 Å². The number of ether oxygens (including phenoxy) is 3. The van der Waals surface area contributed by atoms with Crippen LogP contribution in [-0.2, 0) is 17.8 Å². The Hall–Kier alpha value is -1.47. The number of hydrogen-bond donors (Lipinski definition) is 0. The summed E-state index contributed by atoms with van der Waals surface area (Å²) in [5, 5.41) is 0.723. The minimum atomic E-state index is -0.748. The highest BCUT2D eigenvalue weighted by atomic mass is 127. The highest BCUT2D eigenvalue weighted by molar-refractivity contribution is 14.1. The van der Waals surface area contributed by atoms with Crippen LogP contribution in [0.4, 0.5) is 4.79 Å². The topological polar surface area (TPSA) is 44.8 Å². The van der Waals surface area contributed by atoms with Gasteiger partial charge in [-0.2, -0.15) is 0 Å². The van der Waals surface area contributed by atoms with Gasteiger partial charge < -0.3 is 14.2 Å². The summed E-state index contributed by atoms with van der Waals surface area (Å²) in [5.74, 6) is 1.79. The van der Waals surface area contributed by atoms with E-state index in [9.17, 15) is 4.79 Å². The molecule has 0 spiro atoms. The van der Waals surface area contributed by atoms with Crippen LogP contribution in [-0.4, -0.2) is 13.3 Å². The number of methoxy groups -OCH3 is 1. The monoisotopic (exact) mass is 486 g/mol. The van der Waals surface area contributed by atoms with Gasteiger partial charge in [-0.25, -0.2) is 4.79 Å². The molecule has 2 aromatic rings. The quantitative estimate of drug-likeness (QED) is 0.281. The summed E-state index contributed by atoms with van der Waals surface area (Å²) in [5.41, 5.74) is 3.16. The molecule has 0 radical (unpaired) electrons. The van der Waals surface area contributed by atoms with E-state index in [0.29, 0.717) is 11.7 Å². The molecule has 6 heteroatoms. The van der Waals surface area contributed by atoms with Gasteiger partial charge >= 0.3 is 6.16 Å². The Labute approximate surface area is 171 Å². The Morgan fingerprint density at radius 2 is 2.04 bits per heavy atom. The van der Waals surface area contributed by atoms with Gasteiger partial charge in [-0.1, -0.05) is 30.7 Å². The summed E-state index contributed by atoms with van der Waals surface area (Å²) in [4.78, 5) is 11.5. The number of carbonyl (C=O) groups excluding carboxylic acids is 1. The van der Waals surface area contributed by atoms with Gasteiger partial charge in [0.1, 0.15) is 18.1 Å². The molecular weight excluding hydrogens is 467 g/mol. The minimum absolute atomic E-state index is 0.285. The number of benzene rings is 2.